The van der Waals surface area contributed by atoms with Gasteiger partial charge in [-0.05, 0) is 19.1 Å². The minimum Gasteiger partial charge on any atom is -0.512 e. The van der Waals surface area contributed by atoms with Crippen molar-refractivity contribution in [3.63, 3.8) is 0 Å². The van der Waals surface area contributed by atoms with Crippen LogP contribution in [-0.4, -0.2) is 21.2 Å². The number of carboxylic acids is 1. The van der Waals surface area contributed by atoms with Gasteiger partial charge in [0.2, 0.25) is 0 Å². The van der Waals surface area contributed by atoms with E-state index in [1.54, 1.807) is 24.3 Å². The average Bonchev–Trinajstić information content (AvgIpc) is 2.28. The summed E-state index contributed by atoms with van der Waals surface area (Å²) < 4.78 is 0. The average molecular weight is 229 g/mol. The molecule has 1 aromatic carbocycles. The van der Waals surface area contributed by atoms with E-state index in [-0.39, 0.29) is 11.3 Å². The number of fused-ring (bicyclic) bond motifs is 1. The second-order valence-electron chi connectivity index (χ2n) is 3.64. The van der Waals surface area contributed by atoms with E-state index in [0.717, 1.165) is 0 Å². The van der Waals surface area contributed by atoms with Crippen molar-refractivity contribution in [2.24, 2.45) is 0 Å². The highest BCUT2D eigenvalue weighted by Gasteiger charge is 2.16. The molecule has 0 aliphatic carbocycles. The number of hydrogen-bond acceptors (Lipinski definition) is 3. The van der Waals surface area contributed by atoms with Crippen LogP contribution < -0.4 is 0 Å². The Kier molecular flexibility index (Phi) is 2.78. The van der Waals surface area contributed by atoms with Crippen LogP contribution in [0.3, 0.4) is 0 Å². The Morgan fingerprint density at radius 2 is 1.88 bits per heavy atom. The van der Waals surface area contributed by atoms with E-state index < -0.39 is 5.97 Å². The molecule has 2 N–H and O–H groups in total. The quantitative estimate of drug-likeness (QED) is 0.613. The van der Waals surface area contributed by atoms with Gasteiger partial charge in [0.1, 0.15) is 11.3 Å². The van der Waals surface area contributed by atoms with Crippen molar-refractivity contribution in [2.75, 3.05) is 0 Å². The summed E-state index contributed by atoms with van der Waals surface area (Å²) >= 11 is 0. The van der Waals surface area contributed by atoms with Crippen LogP contribution in [0.1, 0.15) is 12.5 Å². The third-order valence-electron chi connectivity index (χ3n) is 2.49. The van der Waals surface area contributed by atoms with Gasteiger partial charge in [0.05, 0.1) is 5.52 Å². The van der Waals surface area contributed by atoms with Gasteiger partial charge in [0, 0.05) is 17.1 Å². The highest BCUT2D eigenvalue weighted by molar-refractivity contribution is 6.19. The molecule has 2 rings (SSSR count). The molecule has 1 heterocycles. The highest BCUT2D eigenvalue weighted by Crippen LogP contribution is 2.25. The lowest BCUT2D eigenvalue weighted by Crippen LogP contribution is -2.03. The largest absolute Gasteiger partial charge is 0.512 e. The topological polar surface area (TPSA) is 70.4 Å². The van der Waals surface area contributed by atoms with Gasteiger partial charge in [-0.3, -0.25) is 4.98 Å². The van der Waals surface area contributed by atoms with Gasteiger partial charge >= 0.3 is 5.97 Å². The standard InChI is InChI=1S/C13H11NO3/c1-8(15)12(13(16)17)10-6-7-14-11-5-3-2-4-9(10)11/h2-7,15H,1H3,(H,16,17)/b12-8-. The minimum atomic E-state index is -1.15. The molecule has 4 heteroatoms. The Morgan fingerprint density at radius 3 is 2.53 bits per heavy atom. The minimum absolute atomic E-state index is 0.0939. The van der Waals surface area contributed by atoms with Crippen molar-refractivity contribution in [1.82, 2.24) is 4.98 Å². The summed E-state index contributed by atoms with van der Waals surface area (Å²) in [5.74, 6) is -1.37. The first-order valence-electron chi connectivity index (χ1n) is 5.08. The van der Waals surface area contributed by atoms with Crippen LogP contribution in [0.4, 0.5) is 0 Å². The van der Waals surface area contributed by atoms with Gasteiger partial charge < -0.3 is 10.2 Å². The van der Waals surface area contributed by atoms with Crippen molar-refractivity contribution >= 4 is 22.4 Å². The molecule has 0 amide bonds. The van der Waals surface area contributed by atoms with Crippen LogP contribution in [0.5, 0.6) is 0 Å². The smallest absolute Gasteiger partial charge is 0.339 e. The monoisotopic (exact) mass is 229 g/mol. The number of benzene rings is 1. The zero-order chi connectivity index (χ0) is 12.4. The number of carboxylic acid groups (broad SMARTS) is 1. The van der Waals surface area contributed by atoms with Crippen molar-refractivity contribution < 1.29 is 15.0 Å². The molecule has 0 spiro atoms. The molecule has 0 saturated carbocycles. The molecular weight excluding hydrogens is 218 g/mol. The predicted octanol–water partition coefficient (Wildman–Crippen LogP) is 2.61. The maximum absolute atomic E-state index is 11.1. The normalized spacial score (nSPS) is 12.3. The fourth-order valence-electron chi connectivity index (χ4n) is 1.78. The molecule has 0 unspecified atom stereocenters. The van der Waals surface area contributed by atoms with Crippen molar-refractivity contribution in [3.8, 4) is 0 Å². The molecule has 0 radical (unpaired) electrons. The van der Waals surface area contributed by atoms with Crippen LogP contribution in [0.25, 0.3) is 16.5 Å². The lowest BCUT2D eigenvalue weighted by atomic mass is 10.0. The Bertz CT molecular complexity index is 608. The molecule has 86 valence electrons. The number of aliphatic hydroxyl groups is 1. The summed E-state index contributed by atoms with van der Waals surface area (Å²) in [6.45, 7) is 1.36. The van der Waals surface area contributed by atoms with E-state index in [9.17, 15) is 9.90 Å². The Balaban J connectivity index is 2.79. The number of carbonyl (C=O) groups is 1. The molecular formula is C13H11NO3. The number of hydrogen-bond donors (Lipinski definition) is 2. The Labute approximate surface area is 97.9 Å². The van der Waals surface area contributed by atoms with E-state index in [4.69, 9.17) is 5.11 Å². The van der Waals surface area contributed by atoms with Crippen LogP contribution in [0.15, 0.2) is 42.3 Å². The molecule has 0 aliphatic heterocycles. The van der Waals surface area contributed by atoms with Crippen molar-refractivity contribution in [3.05, 3.63) is 47.9 Å². The summed E-state index contributed by atoms with van der Waals surface area (Å²) in [5.41, 5.74) is 1.08. The maximum Gasteiger partial charge on any atom is 0.339 e. The first-order valence-corrected chi connectivity index (χ1v) is 5.08. The van der Waals surface area contributed by atoms with Gasteiger partial charge in [-0.25, -0.2) is 4.79 Å². The second-order valence-corrected chi connectivity index (χ2v) is 3.64. The molecule has 0 saturated heterocycles. The van der Waals surface area contributed by atoms with Crippen molar-refractivity contribution in [2.45, 2.75) is 6.92 Å². The zero-order valence-electron chi connectivity index (χ0n) is 9.21. The third-order valence-corrected chi connectivity index (χ3v) is 2.49. The lowest BCUT2D eigenvalue weighted by molar-refractivity contribution is -0.130. The molecule has 4 nitrogen and oxygen atoms in total. The number of aliphatic carboxylic acids is 1. The summed E-state index contributed by atoms with van der Waals surface area (Å²) in [4.78, 5) is 15.3. The third kappa shape index (κ3) is 1.97. The number of pyridine rings is 1. The number of allylic oxidation sites excluding steroid dienone is 1. The van der Waals surface area contributed by atoms with Crippen LogP contribution >= 0.6 is 0 Å². The predicted molar refractivity (Wildman–Crippen MR) is 64.6 cm³/mol. The van der Waals surface area contributed by atoms with E-state index in [1.165, 1.54) is 13.1 Å². The van der Waals surface area contributed by atoms with E-state index in [1.807, 2.05) is 6.07 Å². The molecule has 0 aliphatic rings. The van der Waals surface area contributed by atoms with Gasteiger partial charge in [0.15, 0.2) is 0 Å². The first kappa shape index (κ1) is 11.1. The van der Waals surface area contributed by atoms with Crippen LogP contribution in [0, 0.1) is 0 Å². The van der Waals surface area contributed by atoms with Gasteiger partial charge in [-0.1, -0.05) is 18.2 Å². The van der Waals surface area contributed by atoms with Crippen molar-refractivity contribution in [1.29, 1.82) is 0 Å². The van der Waals surface area contributed by atoms with E-state index in [0.29, 0.717) is 16.5 Å². The van der Waals surface area contributed by atoms with E-state index >= 15 is 0 Å². The maximum atomic E-state index is 11.1. The summed E-state index contributed by atoms with van der Waals surface area (Å²) in [7, 11) is 0. The molecule has 1 aromatic heterocycles. The molecule has 17 heavy (non-hydrogen) atoms. The second kappa shape index (κ2) is 4.25. The summed E-state index contributed by atoms with van der Waals surface area (Å²) in [6.07, 6.45) is 1.53. The number of aliphatic hydroxyl groups excluding tert-OH is 1. The molecule has 2 aromatic rings. The molecule has 0 atom stereocenters. The lowest BCUT2D eigenvalue weighted by Gasteiger charge is -2.07. The van der Waals surface area contributed by atoms with E-state index in [2.05, 4.69) is 4.98 Å². The van der Waals surface area contributed by atoms with Crippen LogP contribution in [0.2, 0.25) is 0 Å². The number of aromatic nitrogens is 1. The van der Waals surface area contributed by atoms with Crippen LogP contribution in [-0.2, 0) is 4.79 Å². The fraction of sp³-hybridized carbons (Fsp3) is 0.0769. The summed E-state index contributed by atoms with van der Waals surface area (Å²) in [5, 5.41) is 19.3. The number of rotatable bonds is 2. The molecule has 0 bridgehead atoms. The SMILES string of the molecule is C/C(O)=C(/C(=O)O)c1ccnc2ccccc12. The molecule has 0 fully saturated rings. The fourth-order valence-corrected chi connectivity index (χ4v) is 1.78. The highest BCUT2D eigenvalue weighted by atomic mass is 16.4. The Hall–Kier alpha value is -2.36. The Morgan fingerprint density at radius 1 is 1.18 bits per heavy atom. The number of nitrogens with zero attached hydrogens (tertiary/aromatic N) is 1. The van der Waals surface area contributed by atoms with Gasteiger partial charge in [0.25, 0.3) is 0 Å². The zero-order valence-corrected chi connectivity index (χ0v) is 9.21. The van der Waals surface area contributed by atoms with Gasteiger partial charge in [-0.15, -0.1) is 0 Å². The number of para-hydroxylation sites is 1. The van der Waals surface area contributed by atoms with Gasteiger partial charge in [-0.2, -0.15) is 0 Å². The summed E-state index contributed by atoms with van der Waals surface area (Å²) in [6, 6.07) is 8.80. The first-order chi connectivity index (χ1) is 8.11.